The van der Waals surface area contributed by atoms with Crippen molar-refractivity contribution in [2.45, 2.75) is 97.1 Å². The topological polar surface area (TPSA) is 88.4 Å². The van der Waals surface area contributed by atoms with Crippen LogP contribution in [0, 0.1) is 23.7 Å². The van der Waals surface area contributed by atoms with Gasteiger partial charge in [0.2, 0.25) is 5.91 Å². The van der Waals surface area contributed by atoms with Crippen LogP contribution in [0.3, 0.4) is 0 Å². The number of carbonyl (C=O) groups is 1. The van der Waals surface area contributed by atoms with Crippen LogP contribution in [0.5, 0.6) is 0 Å². The van der Waals surface area contributed by atoms with Crippen LogP contribution in [-0.2, 0) is 9.53 Å². The Labute approximate surface area is 178 Å². The minimum atomic E-state index is -0.194. The summed E-state index contributed by atoms with van der Waals surface area (Å²) in [5, 5.41) is 2.84. The van der Waals surface area contributed by atoms with Crippen molar-refractivity contribution in [2.75, 3.05) is 19.9 Å². The van der Waals surface area contributed by atoms with Gasteiger partial charge in [-0.05, 0) is 37.5 Å². The van der Waals surface area contributed by atoms with Crippen LogP contribution in [0.4, 0.5) is 0 Å². The summed E-state index contributed by atoms with van der Waals surface area (Å²) in [5.74, 6) is 11.7. The number of nitrogens with one attached hydrogen (secondary N) is 3. The van der Waals surface area contributed by atoms with Crippen molar-refractivity contribution in [1.29, 1.82) is 0 Å². The zero-order valence-corrected chi connectivity index (χ0v) is 18.6. The summed E-state index contributed by atoms with van der Waals surface area (Å²) in [6, 6.07) is 0. The summed E-state index contributed by atoms with van der Waals surface area (Å²) in [5.41, 5.74) is 11.9. The van der Waals surface area contributed by atoms with Gasteiger partial charge < -0.3 is 15.8 Å². The number of hydrazine groups is 1. The van der Waals surface area contributed by atoms with Gasteiger partial charge in [-0.15, -0.1) is 0 Å². The molecule has 0 aromatic rings. The minimum absolute atomic E-state index is 0.0765. The number of hydrogen-bond acceptors (Lipinski definition) is 5. The molecule has 0 aromatic carbocycles. The number of amides is 1. The maximum absolute atomic E-state index is 11.7. The van der Waals surface area contributed by atoms with Crippen molar-refractivity contribution in [3.05, 3.63) is 0 Å². The van der Waals surface area contributed by atoms with Crippen molar-refractivity contribution < 1.29 is 9.53 Å². The first kappa shape index (κ1) is 27.4. The first-order valence-electron chi connectivity index (χ1n) is 11.2. The molecule has 1 amide bonds. The van der Waals surface area contributed by atoms with E-state index in [1.165, 1.54) is 25.7 Å². The lowest BCUT2D eigenvalue weighted by Gasteiger charge is -2.12. The molecule has 166 valence electrons. The Kier molecular flexibility index (Phi) is 21.5. The Morgan fingerprint density at radius 3 is 2.41 bits per heavy atom. The molecule has 0 aliphatic rings. The molecule has 0 bridgehead atoms. The molecule has 0 heterocycles. The van der Waals surface area contributed by atoms with E-state index in [4.69, 9.17) is 10.5 Å². The molecule has 0 aliphatic heterocycles. The van der Waals surface area contributed by atoms with Gasteiger partial charge in [-0.2, -0.15) is 0 Å². The molecular formula is C23H42N4O2. The lowest BCUT2D eigenvalue weighted by Crippen LogP contribution is -2.41. The quantitative estimate of drug-likeness (QED) is 0.122. The molecule has 0 radical (unpaired) electrons. The van der Waals surface area contributed by atoms with Crippen LogP contribution in [-0.4, -0.2) is 32.0 Å². The van der Waals surface area contributed by atoms with Gasteiger partial charge in [0.1, 0.15) is 13.3 Å². The number of hydrogen-bond donors (Lipinski definition) is 4. The molecule has 5 N–H and O–H groups in total. The predicted molar refractivity (Wildman–Crippen MR) is 120 cm³/mol. The summed E-state index contributed by atoms with van der Waals surface area (Å²) >= 11 is 0. The molecular weight excluding hydrogens is 364 g/mol. The van der Waals surface area contributed by atoms with E-state index >= 15 is 0 Å². The fraction of sp³-hybridized carbons (Fsp3) is 0.783. The van der Waals surface area contributed by atoms with Gasteiger partial charge >= 0.3 is 0 Å². The van der Waals surface area contributed by atoms with Crippen LogP contribution < -0.4 is 21.9 Å². The lowest BCUT2D eigenvalue weighted by molar-refractivity contribution is -0.121. The van der Waals surface area contributed by atoms with E-state index in [2.05, 4.69) is 53.7 Å². The maximum Gasteiger partial charge on any atom is 0.221 e. The van der Waals surface area contributed by atoms with Crippen LogP contribution in [0.25, 0.3) is 0 Å². The monoisotopic (exact) mass is 406 g/mol. The molecule has 0 saturated carbocycles. The summed E-state index contributed by atoms with van der Waals surface area (Å²) in [7, 11) is 0. The number of rotatable bonds is 18. The molecule has 6 heteroatoms. The van der Waals surface area contributed by atoms with Gasteiger partial charge in [0.15, 0.2) is 0 Å². The van der Waals surface area contributed by atoms with E-state index < -0.39 is 0 Å². The number of carbonyl (C=O) groups excluding carboxylic acids is 1. The SMILES string of the molecule is CCCCNNCOCC#CC#CCCCCCCCCC(=O)NC(N)CCC. The number of ether oxygens (including phenoxy) is 1. The van der Waals surface area contributed by atoms with E-state index in [0.29, 0.717) is 19.8 Å². The van der Waals surface area contributed by atoms with E-state index in [1.807, 2.05) is 0 Å². The Morgan fingerprint density at radius 1 is 0.931 bits per heavy atom. The molecule has 0 fully saturated rings. The maximum atomic E-state index is 11.7. The van der Waals surface area contributed by atoms with Gasteiger partial charge in [-0.25, -0.2) is 5.43 Å². The predicted octanol–water partition coefficient (Wildman–Crippen LogP) is 3.18. The Hall–Kier alpha value is -1.57. The van der Waals surface area contributed by atoms with Gasteiger partial charge in [0, 0.05) is 19.4 Å². The number of unbranched alkanes of at least 4 members (excludes halogenated alkanes) is 7. The molecule has 1 unspecified atom stereocenters. The average molecular weight is 407 g/mol. The minimum Gasteiger partial charge on any atom is -0.352 e. The van der Waals surface area contributed by atoms with Gasteiger partial charge in [0.25, 0.3) is 0 Å². The standard InChI is InChI=1S/C23H42N4O2/c1-3-5-19-25-26-21-29-20-16-14-12-10-8-6-7-9-11-13-15-18-23(28)27-22(24)17-4-2/h22,25-26H,3-9,11,13,15,17-21,24H2,1-2H3,(H,27,28). The van der Waals surface area contributed by atoms with Crippen LogP contribution >= 0.6 is 0 Å². The van der Waals surface area contributed by atoms with E-state index in [9.17, 15) is 4.79 Å². The van der Waals surface area contributed by atoms with Crippen LogP contribution in [0.2, 0.25) is 0 Å². The smallest absolute Gasteiger partial charge is 0.221 e. The second-order valence-corrected chi connectivity index (χ2v) is 7.14. The Bertz CT molecular complexity index is 502. The van der Waals surface area contributed by atoms with Gasteiger partial charge in [-0.3, -0.25) is 10.2 Å². The molecule has 0 spiro atoms. The fourth-order valence-corrected chi connectivity index (χ4v) is 2.61. The molecule has 29 heavy (non-hydrogen) atoms. The zero-order valence-electron chi connectivity index (χ0n) is 18.6. The van der Waals surface area contributed by atoms with Crippen LogP contribution in [0.15, 0.2) is 0 Å². The highest BCUT2D eigenvalue weighted by Crippen LogP contribution is 2.08. The first-order chi connectivity index (χ1) is 14.2. The van der Waals surface area contributed by atoms with Crippen molar-refractivity contribution in [3.8, 4) is 23.7 Å². The molecule has 6 nitrogen and oxygen atoms in total. The summed E-state index contributed by atoms with van der Waals surface area (Å²) in [6.45, 7) is 6.01. The van der Waals surface area contributed by atoms with Gasteiger partial charge in [0.05, 0.1) is 6.17 Å². The molecule has 0 aromatic heterocycles. The first-order valence-corrected chi connectivity index (χ1v) is 11.2. The zero-order chi connectivity index (χ0) is 21.4. The third-order valence-electron chi connectivity index (χ3n) is 4.27. The number of nitrogens with two attached hydrogens (primary N) is 1. The summed E-state index contributed by atoms with van der Waals surface area (Å²) in [4.78, 5) is 11.7. The molecule has 0 aliphatic carbocycles. The normalized spacial score (nSPS) is 11.1. The van der Waals surface area contributed by atoms with Crippen molar-refractivity contribution >= 4 is 5.91 Å². The highest BCUT2D eigenvalue weighted by molar-refractivity contribution is 5.76. The fourth-order valence-electron chi connectivity index (χ4n) is 2.61. The third kappa shape index (κ3) is 22.6. The Balaban J connectivity index is 3.37. The van der Waals surface area contributed by atoms with Crippen molar-refractivity contribution in [1.82, 2.24) is 16.2 Å². The van der Waals surface area contributed by atoms with E-state index in [0.717, 1.165) is 51.5 Å². The van der Waals surface area contributed by atoms with Crippen LogP contribution in [0.1, 0.15) is 90.9 Å². The van der Waals surface area contributed by atoms with E-state index in [1.54, 1.807) is 0 Å². The third-order valence-corrected chi connectivity index (χ3v) is 4.27. The lowest BCUT2D eigenvalue weighted by atomic mass is 10.1. The summed E-state index contributed by atoms with van der Waals surface area (Å²) < 4.78 is 5.30. The average Bonchev–Trinajstić information content (AvgIpc) is 2.70. The van der Waals surface area contributed by atoms with Crippen molar-refractivity contribution in [3.63, 3.8) is 0 Å². The Morgan fingerprint density at radius 2 is 1.66 bits per heavy atom. The highest BCUT2D eigenvalue weighted by Gasteiger charge is 2.05. The second-order valence-electron chi connectivity index (χ2n) is 7.14. The van der Waals surface area contributed by atoms with Crippen molar-refractivity contribution in [2.24, 2.45) is 5.73 Å². The summed E-state index contributed by atoms with van der Waals surface area (Å²) in [6.07, 6.45) is 12.1. The molecule has 0 saturated heterocycles. The van der Waals surface area contributed by atoms with Gasteiger partial charge in [-0.1, -0.05) is 64.2 Å². The largest absolute Gasteiger partial charge is 0.352 e. The van der Waals surface area contributed by atoms with E-state index in [-0.39, 0.29) is 12.1 Å². The second kappa shape index (κ2) is 22.7. The molecule has 1 atom stereocenters. The highest BCUT2D eigenvalue weighted by atomic mass is 16.5. The molecule has 0 rings (SSSR count).